The number of amides is 1. The summed E-state index contributed by atoms with van der Waals surface area (Å²) in [7, 11) is 0. The maximum Gasteiger partial charge on any atom is 0.255 e. The number of hydrogen-bond donors (Lipinski definition) is 1. The predicted molar refractivity (Wildman–Crippen MR) is 123 cm³/mol. The number of carbonyl (C=O) groups excluding carboxylic acids is 1. The summed E-state index contributed by atoms with van der Waals surface area (Å²) in [4.78, 5) is 12.5. The van der Waals surface area contributed by atoms with E-state index < -0.39 is 0 Å². The number of para-hydroxylation sites is 1. The number of anilines is 1. The van der Waals surface area contributed by atoms with Gasteiger partial charge in [0.1, 0.15) is 23.9 Å². The Labute approximate surface area is 182 Å². The van der Waals surface area contributed by atoms with Crippen LogP contribution in [0.3, 0.4) is 0 Å². The summed E-state index contributed by atoms with van der Waals surface area (Å²) >= 11 is 0. The summed E-state index contributed by atoms with van der Waals surface area (Å²) in [6.07, 6.45) is 0. The Balaban J connectivity index is 1.31. The van der Waals surface area contributed by atoms with Gasteiger partial charge in [0.15, 0.2) is 0 Å². The fraction of sp³-hybridized carbons (Fsp3) is 0.0741. The van der Waals surface area contributed by atoms with Gasteiger partial charge in [-0.3, -0.25) is 4.79 Å². The molecule has 0 atom stereocenters. The molecule has 0 bridgehead atoms. The van der Waals surface area contributed by atoms with Gasteiger partial charge >= 0.3 is 0 Å². The normalized spacial score (nSPS) is 10.4. The highest BCUT2D eigenvalue weighted by Crippen LogP contribution is 2.23. The summed E-state index contributed by atoms with van der Waals surface area (Å²) < 4.78 is 11.6. The van der Waals surface area contributed by atoms with Crippen molar-refractivity contribution in [3.63, 3.8) is 0 Å². The van der Waals surface area contributed by atoms with Gasteiger partial charge in [-0.05, 0) is 73.2 Å². The summed E-state index contributed by atoms with van der Waals surface area (Å²) in [5.74, 6) is 2.14. The molecule has 4 rings (SSSR count). The maximum atomic E-state index is 12.5. The smallest absolute Gasteiger partial charge is 0.255 e. The topological polar surface area (TPSA) is 47.6 Å². The molecule has 0 fully saturated rings. The monoisotopic (exact) mass is 409 g/mol. The zero-order valence-corrected chi connectivity index (χ0v) is 17.2. The number of ether oxygens (including phenoxy) is 2. The van der Waals surface area contributed by atoms with Gasteiger partial charge in [-0.15, -0.1) is 0 Å². The molecule has 0 saturated carbocycles. The second-order valence-electron chi connectivity index (χ2n) is 7.19. The predicted octanol–water partition coefficient (Wildman–Crippen LogP) is 6.62. The van der Waals surface area contributed by atoms with Gasteiger partial charge in [0.25, 0.3) is 5.91 Å². The summed E-state index contributed by atoms with van der Waals surface area (Å²) in [5, 5.41) is 2.91. The summed E-state index contributed by atoms with van der Waals surface area (Å²) in [6, 6.07) is 32.2. The van der Waals surface area contributed by atoms with E-state index in [9.17, 15) is 4.79 Å². The molecule has 0 spiro atoms. The van der Waals surface area contributed by atoms with Crippen molar-refractivity contribution in [2.24, 2.45) is 0 Å². The van der Waals surface area contributed by atoms with Crippen LogP contribution in [-0.4, -0.2) is 5.91 Å². The van der Waals surface area contributed by atoms with E-state index in [-0.39, 0.29) is 5.91 Å². The number of aryl methyl sites for hydroxylation is 1. The molecule has 1 amide bonds. The van der Waals surface area contributed by atoms with E-state index in [1.807, 2.05) is 97.9 Å². The Hall–Kier alpha value is -4.05. The third-order valence-corrected chi connectivity index (χ3v) is 4.73. The largest absolute Gasteiger partial charge is 0.489 e. The molecule has 0 unspecified atom stereocenters. The van der Waals surface area contributed by atoms with E-state index in [2.05, 4.69) is 5.32 Å². The molecule has 0 aromatic heterocycles. The van der Waals surface area contributed by atoms with Crippen molar-refractivity contribution in [2.45, 2.75) is 13.5 Å². The summed E-state index contributed by atoms with van der Waals surface area (Å²) in [5.41, 5.74) is 3.47. The SMILES string of the molecule is Cc1ccc(Oc2ccc(NC(=O)c3ccc(COc4ccccc4)cc3)cc2)cc1. The molecule has 0 saturated heterocycles. The van der Waals surface area contributed by atoms with Crippen LogP contribution in [0.1, 0.15) is 21.5 Å². The first-order chi connectivity index (χ1) is 15.2. The molecule has 1 N–H and O–H groups in total. The van der Waals surface area contributed by atoms with Crippen molar-refractivity contribution in [2.75, 3.05) is 5.32 Å². The van der Waals surface area contributed by atoms with Crippen LogP contribution in [0, 0.1) is 6.92 Å². The van der Waals surface area contributed by atoms with Gasteiger partial charge in [0.05, 0.1) is 0 Å². The first-order valence-corrected chi connectivity index (χ1v) is 10.1. The molecule has 0 aliphatic carbocycles. The molecule has 4 nitrogen and oxygen atoms in total. The maximum absolute atomic E-state index is 12.5. The van der Waals surface area contributed by atoms with Crippen LogP contribution in [0.2, 0.25) is 0 Å². The highest BCUT2D eigenvalue weighted by Gasteiger charge is 2.07. The average molecular weight is 409 g/mol. The van der Waals surface area contributed by atoms with Gasteiger partial charge in [0, 0.05) is 11.3 Å². The Kier molecular flexibility index (Phi) is 6.29. The number of benzene rings is 4. The van der Waals surface area contributed by atoms with E-state index in [4.69, 9.17) is 9.47 Å². The summed E-state index contributed by atoms with van der Waals surface area (Å²) in [6.45, 7) is 2.49. The van der Waals surface area contributed by atoms with Crippen LogP contribution in [0.25, 0.3) is 0 Å². The minimum Gasteiger partial charge on any atom is -0.489 e. The van der Waals surface area contributed by atoms with Crippen LogP contribution in [0.5, 0.6) is 17.2 Å². The van der Waals surface area contributed by atoms with E-state index in [0.717, 1.165) is 17.1 Å². The van der Waals surface area contributed by atoms with Crippen LogP contribution in [0.15, 0.2) is 103 Å². The molecule has 0 aliphatic rings. The quantitative estimate of drug-likeness (QED) is 0.373. The van der Waals surface area contributed by atoms with Crippen molar-refractivity contribution in [1.29, 1.82) is 0 Å². The van der Waals surface area contributed by atoms with Crippen molar-refractivity contribution in [1.82, 2.24) is 0 Å². The lowest BCUT2D eigenvalue weighted by molar-refractivity contribution is 0.102. The third-order valence-electron chi connectivity index (χ3n) is 4.73. The zero-order chi connectivity index (χ0) is 21.5. The molecule has 4 aromatic rings. The number of carbonyl (C=O) groups is 1. The molecule has 31 heavy (non-hydrogen) atoms. The Morgan fingerprint density at radius 3 is 1.97 bits per heavy atom. The lowest BCUT2D eigenvalue weighted by Crippen LogP contribution is -2.11. The van der Waals surface area contributed by atoms with E-state index in [1.54, 1.807) is 12.1 Å². The van der Waals surface area contributed by atoms with Gasteiger partial charge in [-0.2, -0.15) is 0 Å². The van der Waals surface area contributed by atoms with Gasteiger partial charge < -0.3 is 14.8 Å². The van der Waals surface area contributed by atoms with Crippen molar-refractivity contribution in [3.05, 3.63) is 120 Å². The average Bonchev–Trinajstić information content (AvgIpc) is 2.81. The molecule has 4 aromatic carbocycles. The second kappa shape index (κ2) is 9.63. The molecule has 4 heteroatoms. The minimum absolute atomic E-state index is 0.164. The molecular weight excluding hydrogens is 386 g/mol. The molecule has 0 aliphatic heterocycles. The lowest BCUT2D eigenvalue weighted by atomic mass is 10.1. The van der Waals surface area contributed by atoms with Crippen LogP contribution >= 0.6 is 0 Å². The fourth-order valence-electron chi connectivity index (χ4n) is 2.99. The Morgan fingerprint density at radius 1 is 0.710 bits per heavy atom. The van der Waals surface area contributed by atoms with E-state index >= 15 is 0 Å². The Bertz CT molecular complexity index is 1120. The van der Waals surface area contributed by atoms with Crippen LogP contribution in [0.4, 0.5) is 5.69 Å². The third kappa shape index (κ3) is 5.73. The molecule has 154 valence electrons. The first kappa shape index (κ1) is 20.2. The zero-order valence-electron chi connectivity index (χ0n) is 17.2. The Morgan fingerprint density at radius 2 is 1.32 bits per heavy atom. The van der Waals surface area contributed by atoms with Crippen molar-refractivity contribution < 1.29 is 14.3 Å². The number of hydrogen-bond acceptors (Lipinski definition) is 3. The number of nitrogens with one attached hydrogen (secondary N) is 1. The fourth-order valence-corrected chi connectivity index (χ4v) is 2.99. The van der Waals surface area contributed by atoms with Crippen molar-refractivity contribution in [3.8, 4) is 17.2 Å². The van der Waals surface area contributed by atoms with E-state index in [0.29, 0.717) is 23.6 Å². The van der Waals surface area contributed by atoms with E-state index in [1.165, 1.54) is 5.56 Å². The van der Waals surface area contributed by atoms with Crippen molar-refractivity contribution >= 4 is 11.6 Å². The molecule has 0 heterocycles. The lowest BCUT2D eigenvalue weighted by Gasteiger charge is -2.09. The van der Waals surface area contributed by atoms with Gasteiger partial charge in [-0.25, -0.2) is 0 Å². The second-order valence-corrected chi connectivity index (χ2v) is 7.19. The standard InChI is InChI=1S/C27H23NO3/c1-20-7-15-25(16-8-20)31-26-17-13-23(14-18-26)28-27(29)22-11-9-21(10-12-22)19-30-24-5-3-2-4-6-24/h2-18H,19H2,1H3,(H,28,29). The first-order valence-electron chi connectivity index (χ1n) is 10.1. The highest BCUT2D eigenvalue weighted by molar-refractivity contribution is 6.04. The highest BCUT2D eigenvalue weighted by atomic mass is 16.5. The molecule has 0 radical (unpaired) electrons. The van der Waals surface area contributed by atoms with Crippen LogP contribution < -0.4 is 14.8 Å². The molecular formula is C27H23NO3. The van der Waals surface area contributed by atoms with Gasteiger partial charge in [-0.1, -0.05) is 48.0 Å². The number of rotatable bonds is 7. The van der Waals surface area contributed by atoms with Crippen LogP contribution in [-0.2, 0) is 6.61 Å². The minimum atomic E-state index is -0.164. The van der Waals surface area contributed by atoms with Gasteiger partial charge in [0.2, 0.25) is 0 Å².